The number of hydrogen-bond acceptors (Lipinski definition) is 3. The van der Waals surface area contributed by atoms with Gasteiger partial charge >= 0.3 is 0 Å². The van der Waals surface area contributed by atoms with Crippen LogP contribution in [0, 0.1) is 5.92 Å². The molecule has 0 saturated carbocycles. The predicted octanol–water partition coefficient (Wildman–Crippen LogP) is 1.98. The number of hydrogen-bond donors (Lipinski definition) is 1. The molecule has 4 nitrogen and oxygen atoms in total. The van der Waals surface area contributed by atoms with Crippen LogP contribution < -0.4 is 5.32 Å². The second-order valence-electron chi connectivity index (χ2n) is 4.79. The summed E-state index contributed by atoms with van der Waals surface area (Å²) in [4.78, 5) is 26.1. The van der Waals surface area contributed by atoms with Crippen LogP contribution in [-0.4, -0.2) is 36.3 Å². The summed E-state index contributed by atoms with van der Waals surface area (Å²) < 4.78 is 0. The maximum Gasteiger partial charge on any atom is 0.261 e. The Kier molecular flexibility index (Phi) is 5.34. The van der Waals surface area contributed by atoms with E-state index in [4.69, 9.17) is 0 Å². The fraction of sp³-hybridized carbons (Fsp3) is 0.538. The average Bonchev–Trinajstić information content (AvgIpc) is 2.80. The van der Waals surface area contributed by atoms with Gasteiger partial charge in [-0.15, -0.1) is 11.3 Å². The molecule has 1 unspecified atom stereocenters. The van der Waals surface area contributed by atoms with Gasteiger partial charge in [0.2, 0.25) is 5.91 Å². The molecular formula is C13H20N2O2S. The fourth-order valence-electron chi connectivity index (χ4n) is 1.71. The van der Waals surface area contributed by atoms with Gasteiger partial charge in [-0.2, -0.15) is 0 Å². The number of amides is 2. The van der Waals surface area contributed by atoms with Crippen LogP contribution in [0.5, 0.6) is 0 Å². The highest BCUT2D eigenvalue weighted by atomic mass is 32.1. The van der Waals surface area contributed by atoms with Crippen molar-refractivity contribution in [3.8, 4) is 0 Å². The number of likely N-dealkylation sites (N-methyl/N-ethyl adjacent to an activating group) is 1. The number of rotatable bonds is 5. The van der Waals surface area contributed by atoms with Crippen molar-refractivity contribution < 1.29 is 9.59 Å². The number of nitrogens with one attached hydrogen (secondary N) is 1. The van der Waals surface area contributed by atoms with Crippen LogP contribution in [-0.2, 0) is 4.79 Å². The smallest absolute Gasteiger partial charge is 0.261 e. The van der Waals surface area contributed by atoms with E-state index in [-0.39, 0.29) is 11.8 Å². The summed E-state index contributed by atoms with van der Waals surface area (Å²) in [6.45, 7) is 6.51. The summed E-state index contributed by atoms with van der Waals surface area (Å²) in [5, 5.41) is 4.56. The van der Waals surface area contributed by atoms with Gasteiger partial charge in [0.1, 0.15) is 6.04 Å². The molecule has 0 saturated heterocycles. The van der Waals surface area contributed by atoms with Crippen molar-refractivity contribution in [1.29, 1.82) is 0 Å². The zero-order chi connectivity index (χ0) is 13.7. The topological polar surface area (TPSA) is 49.4 Å². The molecule has 1 aromatic rings. The Morgan fingerprint density at radius 2 is 2.06 bits per heavy atom. The average molecular weight is 268 g/mol. The molecule has 18 heavy (non-hydrogen) atoms. The third-order valence-corrected chi connectivity index (χ3v) is 3.35. The van der Waals surface area contributed by atoms with Crippen molar-refractivity contribution in [1.82, 2.24) is 10.2 Å². The van der Waals surface area contributed by atoms with E-state index in [2.05, 4.69) is 19.2 Å². The van der Waals surface area contributed by atoms with E-state index in [1.54, 1.807) is 24.9 Å². The van der Waals surface area contributed by atoms with Crippen LogP contribution in [0.4, 0.5) is 0 Å². The van der Waals surface area contributed by atoms with Crippen LogP contribution in [0.15, 0.2) is 17.5 Å². The Bertz CT molecular complexity index is 401. The number of carbonyl (C=O) groups excluding carboxylic acids is 2. The quantitative estimate of drug-likeness (QED) is 0.887. The normalized spacial score (nSPS) is 12.3. The minimum atomic E-state index is -0.497. The summed E-state index contributed by atoms with van der Waals surface area (Å²) >= 11 is 1.37. The SMILES string of the molecule is CC(C)CN(C)C(=O)C(C)NC(=O)c1cccs1. The van der Waals surface area contributed by atoms with Crippen molar-refractivity contribution in [2.24, 2.45) is 5.92 Å². The molecule has 0 aliphatic carbocycles. The van der Waals surface area contributed by atoms with Crippen molar-refractivity contribution in [2.45, 2.75) is 26.8 Å². The zero-order valence-corrected chi connectivity index (χ0v) is 12.1. The zero-order valence-electron chi connectivity index (χ0n) is 11.3. The van der Waals surface area contributed by atoms with Crippen LogP contribution in [0.25, 0.3) is 0 Å². The second kappa shape index (κ2) is 6.54. The van der Waals surface area contributed by atoms with Gasteiger partial charge in [-0.05, 0) is 24.3 Å². The molecular weight excluding hydrogens is 248 g/mol. The van der Waals surface area contributed by atoms with Crippen LogP contribution in [0.2, 0.25) is 0 Å². The van der Waals surface area contributed by atoms with E-state index in [9.17, 15) is 9.59 Å². The Morgan fingerprint density at radius 3 is 2.56 bits per heavy atom. The Balaban J connectivity index is 2.52. The first-order chi connectivity index (χ1) is 8.41. The molecule has 0 spiro atoms. The summed E-state index contributed by atoms with van der Waals surface area (Å²) in [7, 11) is 1.76. The molecule has 100 valence electrons. The standard InChI is InChI=1S/C13H20N2O2S/c1-9(2)8-15(4)13(17)10(3)14-12(16)11-6-5-7-18-11/h5-7,9-10H,8H2,1-4H3,(H,14,16). The van der Waals surface area contributed by atoms with E-state index in [0.717, 1.165) is 0 Å². The molecule has 1 heterocycles. The molecule has 0 aliphatic rings. The van der Waals surface area contributed by atoms with E-state index >= 15 is 0 Å². The molecule has 0 aromatic carbocycles. The number of nitrogens with zero attached hydrogens (tertiary/aromatic N) is 1. The van der Waals surface area contributed by atoms with Gasteiger partial charge in [-0.25, -0.2) is 0 Å². The predicted molar refractivity (Wildman–Crippen MR) is 73.7 cm³/mol. The minimum absolute atomic E-state index is 0.0615. The molecule has 1 atom stereocenters. The fourth-order valence-corrected chi connectivity index (χ4v) is 2.33. The van der Waals surface area contributed by atoms with Gasteiger partial charge in [0.15, 0.2) is 0 Å². The van der Waals surface area contributed by atoms with Gasteiger partial charge in [-0.1, -0.05) is 19.9 Å². The Hall–Kier alpha value is -1.36. The molecule has 5 heteroatoms. The number of carbonyl (C=O) groups is 2. The van der Waals surface area contributed by atoms with E-state index in [0.29, 0.717) is 17.3 Å². The molecule has 1 N–H and O–H groups in total. The van der Waals surface area contributed by atoms with Gasteiger partial charge in [0.05, 0.1) is 4.88 Å². The van der Waals surface area contributed by atoms with Crippen molar-refractivity contribution >= 4 is 23.2 Å². The van der Waals surface area contributed by atoms with Gasteiger partial charge in [0, 0.05) is 13.6 Å². The largest absolute Gasteiger partial charge is 0.344 e. The van der Waals surface area contributed by atoms with Crippen LogP contribution in [0.1, 0.15) is 30.4 Å². The first kappa shape index (κ1) is 14.7. The maximum absolute atomic E-state index is 12.0. The lowest BCUT2D eigenvalue weighted by molar-refractivity contribution is -0.131. The first-order valence-electron chi connectivity index (χ1n) is 6.01. The highest BCUT2D eigenvalue weighted by Crippen LogP contribution is 2.08. The van der Waals surface area contributed by atoms with Crippen molar-refractivity contribution in [3.05, 3.63) is 22.4 Å². The third-order valence-electron chi connectivity index (χ3n) is 2.48. The van der Waals surface area contributed by atoms with Crippen LogP contribution >= 0.6 is 11.3 Å². The highest BCUT2D eigenvalue weighted by molar-refractivity contribution is 7.12. The second-order valence-corrected chi connectivity index (χ2v) is 5.73. The Morgan fingerprint density at radius 1 is 1.39 bits per heavy atom. The van der Waals surface area contributed by atoms with E-state index < -0.39 is 6.04 Å². The number of thiophene rings is 1. The highest BCUT2D eigenvalue weighted by Gasteiger charge is 2.20. The van der Waals surface area contributed by atoms with Crippen LogP contribution in [0.3, 0.4) is 0 Å². The summed E-state index contributed by atoms with van der Waals surface area (Å²) in [6, 6.07) is 3.06. The molecule has 1 aromatic heterocycles. The molecule has 0 fully saturated rings. The summed E-state index contributed by atoms with van der Waals surface area (Å²) in [6.07, 6.45) is 0. The summed E-state index contributed by atoms with van der Waals surface area (Å²) in [5.74, 6) is 0.163. The lowest BCUT2D eigenvalue weighted by Gasteiger charge is -2.23. The molecule has 0 aliphatic heterocycles. The van der Waals surface area contributed by atoms with E-state index in [1.807, 2.05) is 11.4 Å². The van der Waals surface area contributed by atoms with Gasteiger partial charge < -0.3 is 10.2 Å². The molecule has 0 radical (unpaired) electrons. The minimum Gasteiger partial charge on any atom is -0.344 e. The van der Waals surface area contributed by atoms with Gasteiger partial charge in [-0.3, -0.25) is 9.59 Å². The lowest BCUT2D eigenvalue weighted by atomic mass is 10.2. The molecule has 2 amide bonds. The third kappa shape index (κ3) is 4.14. The van der Waals surface area contributed by atoms with Crippen molar-refractivity contribution in [3.63, 3.8) is 0 Å². The summed E-state index contributed by atoms with van der Waals surface area (Å²) in [5.41, 5.74) is 0. The lowest BCUT2D eigenvalue weighted by Crippen LogP contribution is -2.46. The van der Waals surface area contributed by atoms with Gasteiger partial charge in [0.25, 0.3) is 5.91 Å². The first-order valence-corrected chi connectivity index (χ1v) is 6.89. The Labute approximate surface area is 112 Å². The monoisotopic (exact) mass is 268 g/mol. The van der Waals surface area contributed by atoms with Crippen molar-refractivity contribution in [2.75, 3.05) is 13.6 Å². The maximum atomic E-state index is 12.0. The molecule has 1 rings (SSSR count). The van der Waals surface area contributed by atoms with E-state index in [1.165, 1.54) is 11.3 Å². The molecule has 0 bridgehead atoms.